The van der Waals surface area contributed by atoms with Crippen LogP contribution in [-0.2, 0) is 19.4 Å². The Morgan fingerprint density at radius 3 is 2.46 bits per heavy atom. The number of nitrogens with one attached hydrogen (secondary N) is 2. The molecule has 2 amide bonds. The molecule has 0 aliphatic heterocycles. The van der Waals surface area contributed by atoms with Crippen LogP contribution in [0.3, 0.4) is 0 Å². The van der Waals surface area contributed by atoms with E-state index in [2.05, 4.69) is 10.9 Å². The Balaban J connectivity index is 1.82. The summed E-state index contributed by atoms with van der Waals surface area (Å²) in [6.45, 7) is 3.51. The van der Waals surface area contributed by atoms with E-state index in [1.807, 2.05) is 43.3 Å². The minimum Gasteiger partial charge on any atom is -0.481 e. The molecule has 8 heteroatoms. The molecule has 0 fully saturated rings. The summed E-state index contributed by atoms with van der Waals surface area (Å²) in [6, 6.07) is 13.2. The lowest BCUT2D eigenvalue weighted by Crippen LogP contribution is -2.48. The van der Waals surface area contributed by atoms with Gasteiger partial charge >= 0.3 is 0 Å². The van der Waals surface area contributed by atoms with Crippen LogP contribution in [0.15, 0.2) is 42.5 Å². The molecule has 0 heterocycles. The number of unbranched alkanes of at least 4 members (excludes halogenated alkanes) is 2. The van der Waals surface area contributed by atoms with Crippen molar-refractivity contribution in [3.8, 4) is 5.75 Å². The van der Waals surface area contributed by atoms with Gasteiger partial charge in [-0.2, -0.15) is 0 Å². The van der Waals surface area contributed by atoms with Gasteiger partial charge < -0.3 is 4.74 Å². The van der Waals surface area contributed by atoms with Crippen LogP contribution >= 0.6 is 0 Å². The minimum absolute atomic E-state index is 0.0380. The number of ether oxygens (including phenoxy) is 1. The second-order valence-corrected chi connectivity index (χ2v) is 8.79. The van der Waals surface area contributed by atoms with Gasteiger partial charge in [0, 0.05) is 0 Å². The number of hydrazine groups is 1. The van der Waals surface area contributed by atoms with Gasteiger partial charge in [-0.15, -0.1) is 0 Å². The minimum atomic E-state index is -3.49. The zero-order valence-electron chi connectivity index (χ0n) is 16.1. The predicted molar refractivity (Wildman–Crippen MR) is 109 cm³/mol. The third kappa shape index (κ3) is 6.84. The molecule has 1 atom stereocenters. The van der Waals surface area contributed by atoms with E-state index in [0.29, 0.717) is 12.2 Å². The van der Waals surface area contributed by atoms with Crippen molar-refractivity contribution in [1.29, 1.82) is 0 Å². The molecule has 0 aromatic heterocycles. The number of amides is 2. The van der Waals surface area contributed by atoms with E-state index in [-0.39, 0.29) is 5.75 Å². The van der Waals surface area contributed by atoms with Gasteiger partial charge in [-0.25, -0.2) is 8.42 Å². The maximum absolute atomic E-state index is 12.1. The average molecular weight is 407 g/mol. The zero-order chi connectivity index (χ0) is 20.6. The average Bonchev–Trinajstić information content (AvgIpc) is 2.65. The van der Waals surface area contributed by atoms with E-state index in [0.717, 1.165) is 23.6 Å². The normalized spacial score (nSPS) is 12.4. The van der Waals surface area contributed by atoms with Crippen LogP contribution < -0.4 is 15.6 Å². The molecule has 0 spiro atoms. The monoisotopic (exact) mass is 406 g/mol. The number of hydrogen-bond donors (Lipinski definition) is 2. The van der Waals surface area contributed by atoms with E-state index in [1.165, 1.54) is 6.92 Å². The second kappa shape index (κ2) is 10.1. The summed E-state index contributed by atoms with van der Waals surface area (Å²) in [7, 11) is -3.49. The maximum atomic E-state index is 12.1. The van der Waals surface area contributed by atoms with E-state index in [1.54, 1.807) is 6.07 Å². The Labute approximate surface area is 165 Å². The van der Waals surface area contributed by atoms with Crippen molar-refractivity contribution in [2.45, 2.75) is 39.2 Å². The maximum Gasteiger partial charge on any atom is 0.279 e. The van der Waals surface area contributed by atoms with Crippen LogP contribution in [0.1, 0.15) is 33.1 Å². The van der Waals surface area contributed by atoms with Crippen molar-refractivity contribution in [2.24, 2.45) is 0 Å². The first-order valence-corrected chi connectivity index (χ1v) is 11.1. The molecular formula is C20H26N2O5S. The largest absolute Gasteiger partial charge is 0.481 e. The van der Waals surface area contributed by atoms with E-state index < -0.39 is 33.5 Å². The molecule has 0 bridgehead atoms. The first kappa shape index (κ1) is 21.7. The number of hydrogen-bond acceptors (Lipinski definition) is 5. The van der Waals surface area contributed by atoms with Crippen LogP contribution in [0.4, 0.5) is 0 Å². The molecule has 2 rings (SSSR count). The van der Waals surface area contributed by atoms with Crippen LogP contribution in [0.5, 0.6) is 5.75 Å². The number of rotatable bonds is 9. The molecule has 7 nitrogen and oxygen atoms in total. The Hall–Kier alpha value is -2.61. The fourth-order valence-corrected chi connectivity index (χ4v) is 3.87. The van der Waals surface area contributed by atoms with Gasteiger partial charge in [0.15, 0.2) is 15.9 Å². The van der Waals surface area contributed by atoms with Crippen molar-refractivity contribution < 1.29 is 22.7 Å². The number of benzene rings is 2. The van der Waals surface area contributed by atoms with Crippen molar-refractivity contribution in [1.82, 2.24) is 10.9 Å². The fraction of sp³-hybridized carbons (Fsp3) is 0.400. The van der Waals surface area contributed by atoms with Crippen molar-refractivity contribution in [2.75, 3.05) is 11.5 Å². The SMILES string of the molecule is CCCCCS(=O)(=O)CC(=O)NNC(=O)C(C)Oc1ccc2ccccc2c1. The predicted octanol–water partition coefficient (Wildman–Crippen LogP) is 2.36. The molecule has 2 aromatic carbocycles. The molecule has 0 aliphatic carbocycles. The topological polar surface area (TPSA) is 102 Å². The number of fused-ring (bicyclic) bond motifs is 1. The first-order valence-electron chi connectivity index (χ1n) is 9.25. The lowest BCUT2D eigenvalue weighted by atomic mass is 10.1. The Kier molecular flexibility index (Phi) is 7.80. The zero-order valence-corrected chi connectivity index (χ0v) is 16.9. The quantitative estimate of drug-likeness (QED) is 0.492. The molecule has 0 saturated heterocycles. The summed E-state index contributed by atoms with van der Waals surface area (Å²) in [6.07, 6.45) is 1.34. The Bertz CT molecular complexity index is 927. The van der Waals surface area contributed by atoms with E-state index >= 15 is 0 Å². The van der Waals surface area contributed by atoms with Gasteiger partial charge in [0.25, 0.3) is 11.8 Å². The summed E-state index contributed by atoms with van der Waals surface area (Å²) in [4.78, 5) is 23.9. The second-order valence-electron chi connectivity index (χ2n) is 6.61. The Morgan fingerprint density at radius 1 is 1.04 bits per heavy atom. The lowest BCUT2D eigenvalue weighted by Gasteiger charge is -2.15. The molecular weight excluding hydrogens is 380 g/mol. The van der Waals surface area contributed by atoms with Crippen molar-refractivity contribution in [3.05, 3.63) is 42.5 Å². The van der Waals surface area contributed by atoms with Gasteiger partial charge in [0.2, 0.25) is 0 Å². The molecule has 0 radical (unpaired) electrons. The summed E-state index contributed by atoms with van der Waals surface area (Å²) < 4.78 is 29.3. The summed E-state index contributed by atoms with van der Waals surface area (Å²) in [5.74, 6) is -1.53. The third-order valence-electron chi connectivity index (χ3n) is 4.14. The highest BCUT2D eigenvalue weighted by molar-refractivity contribution is 7.92. The van der Waals surface area contributed by atoms with Gasteiger partial charge in [-0.05, 0) is 36.2 Å². The number of carbonyl (C=O) groups is 2. The van der Waals surface area contributed by atoms with Crippen LogP contribution in [-0.4, -0.2) is 37.8 Å². The van der Waals surface area contributed by atoms with Gasteiger partial charge in [-0.1, -0.05) is 50.1 Å². The molecule has 1 unspecified atom stereocenters. The number of sulfone groups is 1. The first-order chi connectivity index (χ1) is 13.3. The molecule has 2 aromatic rings. The smallest absolute Gasteiger partial charge is 0.279 e. The number of carbonyl (C=O) groups excluding carboxylic acids is 2. The summed E-state index contributed by atoms with van der Waals surface area (Å²) in [5, 5.41) is 2.04. The van der Waals surface area contributed by atoms with E-state index in [4.69, 9.17) is 4.74 Å². The van der Waals surface area contributed by atoms with Crippen molar-refractivity contribution >= 4 is 32.4 Å². The molecule has 0 aliphatic rings. The lowest BCUT2D eigenvalue weighted by molar-refractivity contribution is -0.132. The van der Waals surface area contributed by atoms with Gasteiger partial charge in [0.05, 0.1) is 5.75 Å². The molecule has 152 valence electrons. The molecule has 28 heavy (non-hydrogen) atoms. The van der Waals surface area contributed by atoms with Crippen molar-refractivity contribution in [3.63, 3.8) is 0 Å². The summed E-state index contributed by atoms with van der Waals surface area (Å²) >= 11 is 0. The third-order valence-corrected chi connectivity index (χ3v) is 5.75. The molecule has 0 saturated carbocycles. The fourth-order valence-electron chi connectivity index (χ4n) is 2.61. The van der Waals surface area contributed by atoms with Gasteiger partial charge in [0.1, 0.15) is 11.5 Å². The van der Waals surface area contributed by atoms with Crippen LogP contribution in [0.2, 0.25) is 0 Å². The highest BCUT2D eigenvalue weighted by Crippen LogP contribution is 2.21. The highest BCUT2D eigenvalue weighted by atomic mass is 32.2. The van der Waals surface area contributed by atoms with Crippen LogP contribution in [0.25, 0.3) is 10.8 Å². The summed E-state index contributed by atoms with van der Waals surface area (Å²) in [5.41, 5.74) is 4.33. The highest BCUT2D eigenvalue weighted by Gasteiger charge is 2.19. The standard InChI is InChI=1S/C20H26N2O5S/c1-3-4-7-12-28(25,26)14-19(23)21-22-20(24)15(2)27-18-11-10-16-8-5-6-9-17(16)13-18/h5-6,8-11,13,15H,3-4,7,12,14H2,1-2H3,(H,21,23)(H,22,24). The van der Waals surface area contributed by atoms with E-state index in [9.17, 15) is 18.0 Å². The Morgan fingerprint density at radius 2 is 1.75 bits per heavy atom. The van der Waals surface area contributed by atoms with Gasteiger partial charge in [-0.3, -0.25) is 20.4 Å². The molecule has 2 N–H and O–H groups in total. The van der Waals surface area contributed by atoms with Crippen LogP contribution in [0, 0.1) is 0 Å².